The highest BCUT2D eigenvalue weighted by Gasteiger charge is 2.46. The SMILES string of the molecule is O=C(c1ccnc(Cl)c1)N1CC2(CCN(C/C=C/c3c(F)cccc3Cl)CC2)c2cc(F)ccc21. The summed E-state index contributed by atoms with van der Waals surface area (Å²) in [6, 6.07) is 12.5. The highest BCUT2D eigenvalue weighted by atomic mass is 35.5. The van der Waals surface area contributed by atoms with Crippen LogP contribution in [0.2, 0.25) is 10.2 Å². The summed E-state index contributed by atoms with van der Waals surface area (Å²) in [4.78, 5) is 21.3. The molecule has 2 aliphatic rings. The van der Waals surface area contributed by atoms with E-state index in [9.17, 15) is 13.6 Å². The fourth-order valence-corrected chi connectivity index (χ4v) is 5.49. The number of amides is 1. The van der Waals surface area contributed by atoms with Gasteiger partial charge in [0.15, 0.2) is 0 Å². The number of benzene rings is 2. The number of hydrogen-bond donors (Lipinski definition) is 0. The van der Waals surface area contributed by atoms with Gasteiger partial charge in [0.2, 0.25) is 0 Å². The highest BCUT2D eigenvalue weighted by Crippen LogP contribution is 2.47. The molecule has 8 heteroatoms. The molecule has 1 aromatic heterocycles. The van der Waals surface area contributed by atoms with E-state index >= 15 is 0 Å². The van der Waals surface area contributed by atoms with Gasteiger partial charge in [0, 0.05) is 41.5 Å². The maximum atomic E-state index is 14.3. The fraction of sp³-hybridized carbons (Fsp3) is 0.259. The van der Waals surface area contributed by atoms with E-state index in [4.69, 9.17) is 23.2 Å². The van der Waals surface area contributed by atoms with E-state index in [0.29, 0.717) is 29.2 Å². The van der Waals surface area contributed by atoms with E-state index in [2.05, 4.69) is 9.88 Å². The Balaban J connectivity index is 1.32. The predicted octanol–water partition coefficient (Wildman–Crippen LogP) is 6.37. The topological polar surface area (TPSA) is 36.4 Å². The second-order valence-corrected chi connectivity index (χ2v) is 9.83. The molecule has 0 unspecified atom stereocenters. The number of carbonyl (C=O) groups excluding carboxylic acids is 1. The summed E-state index contributed by atoms with van der Waals surface area (Å²) in [5.41, 5.74) is 2.13. The number of halogens is 4. The average molecular weight is 514 g/mol. The standard InChI is InChI=1S/C27H23Cl2F2N3O/c28-22-4-1-5-23(31)20(22)3-2-12-33-13-9-27(10-14-33)17-34(24-7-6-19(30)16-21(24)27)26(35)18-8-11-32-25(29)15-18/h1-8,11,15-16H,9-10,12-14,17H2/b3-2+. The molecule has 0 N–H and O–H groups in total. The molecule has 0 aliphatic carbocycles. The molecule has 1 amide bonds. The molecule has 0 radical (unpaired) electrons. The number of pyridine rings is 1. The summed E-state index contributed by atoms with van der Waals surface area (Å²) >= 11 is 12.1. The number of carbonyl (C=O) groups is 1. The van der Waals surface area contributed by atoms with Gasteiger partial charge in [-0.15, -0.1) is 0 Å². The summed E-state index contributed by atoms with van der Waals surface area (Å²) in [5.74, 6) is -0.834. The third-order valence-electron chi connectivity index (χ3n) is 6.96. The number of likely N-dealkylation sites (tertiary alicyclic amines) is 1. The van der Waals surface area contributed by atoms with Gasteiger partial charge in [0.1, 0.15) is 16.8 Å². The number of hydrogen-bond acceptors (Lipinski definition) is 3. The minimum atomic E-state index is -0.351. The first kappa shape index (κ1) is 23.9. The van der Waals surface area contributed by atoms with Crippen molar-refractivity contribution in [1.29, 1.82) is 0 Å². The quantitative estimate of drug-likeness (QED) is 0.380. The van der Waals surface area contributed by atoms with Gasteiger partial charge in [-0.1, -0.05) is 41.4 Å². The van der Waals surface area contributed by atoms with Gasteiger partial charge in [0.05, 0.1) is 5.02 Å². The average Bonchev–Trinajstić information content (AvgIpc) is 3.15. The third kappa shape index (κ3) is 4.70. The molecule has 2 aromatic carbocycles. The third-order valence-corrected chi connectivity index (χ3v) is 7.50. The van der Waals surface area contributed by atoms with E-state index in [1.807, 2.05) is 6.08 Å². The summed E-state index contributed by atoms with van der Waals surface area (Å²) < 4.78 is 28.3. The van der Waals surface area contributed by atoms with E-state index in [0.717, 1.165) is 37.2 Å². The zero-order valence-electron chi connectivity index (χ0n) is 18.9. The molecular weight excluding hydrogens is 491 g/mol. The van der Waals surface area contributed by atoms with E-state index in [1.54, 1.807) is 47.4 Å². The van der Waals surface area contributed by atoms with Gasteiger partial charge in [-0.3, -0.25) is 9.69 Å². The molecular formula is C27H23Cl2F2N3O. The van der Waals surface area contributed by atoms with Crippen molar-refractivity contribution in [2.24, 2.45) is 0 Å². The molecule has 180 valence electrons. The van der Waals surface area contributed by atoms with Gasteiger partial charge in [0.25, 0.3) is 5.91 Å². The lowest BCUT2D eigenvalue weighted by molar-refractivity contribution is 0.0977. The van der Waals surface area contributed by atoms with E-state index < -0.39 is 0 Å². The van der Waals surface area contributed by atoms with Crippen LogP contribution in [0.25, 0.3) is 6.08 Å². The summed E-state index contributed by atoms with van der Waals surface area (Å²) in [6.45, 7) is 2.68. The lowest BCUT2D eigenvalue weighted by Gasteiger charge is -2.39. The van der Waals surface area contributed by atoms with Crippen molar-refractivity contribution in [3.05, 3.63) is 99.3 Å². The molecule has 35 heavy (non-hydrogen) atoms. The monoisotopic (exact) mass is 513 g/mol. The number of rotatable bonds is 4. The van der Waals surface area contributed by atoms with Crippen LogP contribution >= 0.6 is 23.2 Å². The Morgan fingerprint density at radius 1 is 1.09 bits per heavy atom. The Kier molecular flexibility index (Phi) is 6.62. The second-order valence-electron chi connectivity index (χ2n) is 9.04. The largest absolute Gasteiger partial charge is 0.307 e. The van der Waals surface area contributed by atoms with E-state index in [1.165, 1.54) is 18.3 Å². The fourth-order valence-electron chi connectivity index (χ4n) is 5.09. The van der Waals surface area contributed by atoms with Crippen LogP contribution in [0.1, 0.15) is 34.3 Å². The minimum Gasteiger partial charge on any atom is -0.307 e. The van der Waals surface area contributed by atoms with Crippen LogP contribution in [0.3, 0.4) is 0 Å². The van der Waals surface area contributed by atoms with Crippen LogP contribution in [0.5, 0.6) is 0 Å². The van der Waals surface area contributed by atoms with Crippen LogP contribution in [0, 0.1) is 11.6 Å². The van der Waals surface area contributed by atoms with Crippen molar-refractivity contribution in [2.45, 2.75) is 18.3 Å². The molecule has 0 saturated carbocycles. The number of anilines is 1. The number of piperidine rings is 1. The zero-order chi connectivity index (χ0) is 24.6. The number of fused-ring (bicyclic) bond motifs is 2. The maximum absolute atomic E-state index is 14.3. The van der Waals surface area contributed by atoms with Crippen LogP contribution < -0.4 is 4.90 Å². The predicted molar refractivity (Wildman–Crippen MR) is 135 cm³/mol. The lowest BCUT2D eigenvalue weighted by Crippen LogP contribution is -2.46. The van der Waals surface area contributed by atoms with Crippen molar-refractivity contribution in [3.8, 4) is 0 Å². The lowest BCUT2D eigenvalue weighted by atomic mass is 9.74. The van der Waals surface area contributed by atoms with Crippen molar-refractivity contribution >= 4 is 40.9 Å². The molecule has 1 saturated heterocycles. The van der Waals surface area contributed by atoms with Gasteiger partial charge < -0.3 is 4.90 Å². The molecule has 0 bridgehead atoms. The minimum absolute atomic E-state index is 0.175. The zero-order valence-corrected chi connectivity index (χ0v) is 20.4. The maximum Gasteiger partial charge on any atom is 0.258 e. The Hall–Kier alpha value is -2.80. The highest BCUT2D eigenvalue weighted by molar-refractivity contribution is 6.32. The Labute approximate surface area is 212 Å². The molecule has 0 atom stereocenters. The first-order valence-electron chi connectivity index (χ1n) is 11.4. The van der Waals surface area contributed by atoms with Crippen LogP contribution in [-0.2, 0) is 5.41 Å². The van der Waals surface area contributed by atoms with Crippen molar-refractivity contribution < 1.29 is 13.6 Å². The van der Waals surface area contributed by atoms with Gasteiger partial charge in [-0.25, -0.2) is 13.8 Å². The van der Waals surface area contributed by atoms with Gasteiger partial charge >= 0.3 is 0 Å². The Morgan fingerprint density at radius 2 is 1.89 bits per heavy atom. The van der Waals surface area contributed by atoms with Gasteiger partial charge in [-0.2, -0.15) is 0 Å². The van der Waals surface area contributed by atoms with E-state index in [-0.39, 0.29) is 28.1 Å². The van der Waals surface area contributed by atoms with Crippen molar-refractivity contribution in [2.75, 3.05) is 31.1 Å². The smallest absolute Gasteiger partial charge is 0.258 e. The molecule has 3 aromatic rings. The molecule has 5 rings (SSSR count). The Morgan fingerprint density at radius 3 is 2.63 bits per heavy atom. The number of aromatic nitrogens is 1. The molecule has 1 spiro atoms. The summed E-state index contributed by atoms with van der Waals surface area (Å²) in [6.07, 6.45) is 6.68. The Bertz CT molecular complexity index is 1290. The van der Waals surface area contributed by atoms with Crippen LogP contribution in [-0.4, -0.2) is 42.0 Å². The van der Waals surface area contributed by atoms with Crippen molar-refractivity contribution in [1.82, 2.24) is 9.88 Å². The normalized spacial score (nSPS) is 17.3. The molecule has 2 aliphatic heterocycles. The first-order valence-corrected chi connectivity index (χ1v) is 12.2. The van der Waals surface area contributed by atoms with Crippen LogP contribution in [0.15, 0.2) is 60.8 Å². The molecule has 1 fully saturated rings. The number of nitrogens with zero attached hydrogens (tertiary/aromatic N) is 3. The van der Waals surface area contributed by atoms with Crippen molar-refractivity contribution in [3.63, 3.8) is 0 Å². The first-order chi connectivity index (χ1) is 16.9. The van der Waals surface area contributed by atoms with Crippen LogP contribution in [0.4, 0.5) is 14.5 Å². The molecule has 3 heterocycles. The molecule has 4 nitrogen and oxygen atoms in total. The second kappa shape index (κ2) is 9.69. The van der Waals surface area contributed by atoms with Gasteiger partial charge in [-0.05, 0) is 74.0 Å². The summed E-state index contributed by atoms with van der Waals surface area (Å²) in [7, 11) is 0. The summed E-state index contributed by atoms with van der Waals surface area (Å²) in [5, 5.41) is 0.630.